The number of esters is 3. The number of anilines is 1. The Balaban J connectivity index is 2.65. The summed E-state index contributed by atoms with van der Waals surface area (Å²) >= 11 is 0. The molecule has 0 N–H and O–H groups in total. The third kappa shape index (κ3) is 4.41. The maximum absolute atomic E-state index is 14.1. The zero-order valence-corrected chi connectivity index (χ0v) is 15.0. The maximum atomic E-state index is 14.1. The minimum absolute atomic E-state index is 0.0405. The highest BCUT2D eigenvalue weighted by Gasteiger charge is 2.28. The van der Waals surface area contributed by atoms with Gasteiger partial charge in [-0.15, -0.1) is 0 Å². The molecule has 8 heteroatoms. The predicted octanol–water partition coefficient (Wildman–Crippen LogP) is 2.49. The Hall–Kier alpha value is -3.42. The summed E-state index contributed by atoms with van der Waals surface area (Å²) in [5.74, 6) is -3.05. The fourth-order valence-corrected chi connectivity index (χ4v) is 2.41. The predicted molar refractivity (Wildman–Crippen MR) is 94.2 cm³/mol. The topological polar surface area (TPSA) is 82.1 Å². The van der Waals surface area contributed by atoms with Gasteiger partial charge in [0.05, 0.1) is 32.0 Å². The van der Waals surface area contributed by atoms with Crippen LogP contribution in [0.15, 0.2) is 53.9 Å². The fourth-order valence-electron chi connectivity index (χ4n) is 2.41. The number of nitrogens with zero attached hydrogens (tertiary/aromatic N) is 1. The van der Waals surface area contributed by atoms with Gasteiger partial charge in [-0.2, -0.15) is 0 Å². The highest BCUT2D eigenvalue weighted by Crippen LogP contribution is 2.28. The number of benzene rings is 1. The van der Waals surface area contributed by atoms with Crippen molar-refractivity contribution >= 4 is 23.6 Å². The zero-order valence-electron chi connectivity index (χ0n) is 15.0. The molecule has 1 aliphatic rings. The van der Waals surface area contributed by atoms with E-state index >= 15 is 0 Å². The molecule has 27 heavy (non-hydrogen) atoms. The fraction of sp³-hybridized carbons (Fsp3) is 0.211. The molecule has 7 nitrogen and oxygen atoms in total. The zero-order chi connectivity index (χ0) is 20.0. The van der Waals surface area contributed by atoms with E-state index in [2.05, 4.69) is 0 Å². The van der Waals surface area contributed by atoms with Crippen molar-refractivity contribution < 1.29 is 33.0 Å². The van der Waals surface area contributed by atoms with Crippen molar-refractivity contribution in [2.24, 2.45) is 0 Å². The Labute approximate surface area is 155 Å². The van der Waals surface area contributed by atoms with Crippen molar-refractivity contribution in [3.05, 3.63) is 65.3 Å². The van der Waals surface area contributed by atoms with Gasteiger partial charge >= 0.3 is 17.9 Å². The molecule has 0 aromatic heterocycles. The van der Waals surface area contributed by atoms with Crippen LogP contribution in [-0.2, 0) is 23.8 Å². The average Bonchev–Trinajstić information content (AvgIpc) is 2.89. The number of hydrogen-bond donors (Lipinski definition) is 0. The van der Waals surface area contributed by atoms with Gasteiger partial charge in [0.2, 0.25) is 0 Å². The van der Waals surface area contributed by atoms with Gasteiger partial charge in [0.1, 0.15) is 11.5 Å². The number of carbonyl (C=O) groups is 3. The molecule has 0 unspecified atom stereocenters. The van der Waals surface area contributed by atoms with Gasteiger partial charge in [-0.05, 0) is 37.3 Å². The molecule has 1 aromatic rings. The first-order valence-electron chi connectivity index (χ1n) is 7.95. The van der Waals surface area contributed by atoms with E-state index in [1.807, 2.05) is 0 Å². The molecule has 0 saturated heterocycles. The van der Waals surface area contributed by atoms with Crippen LogP contribution in [0.4, 0.5) is 10.1 Å². The van der Waals surface area contributed by atoms with Crippen LogP contribution in [0.1, 0.15) is 17.3 Å². The highest BCUT2D eigenvalue weighted by molar-refractivity contribution is 6.05. The van der Waals surface area contributed by atoms with E-state index in [0.717, 1.165) is 19.2 Å². The van der Waals surface area contributed by atoms with Gasteiger partial charge in [0.25, 0.3) is 0 Å². The molecule has 0 aliphatic carbocycles. The van der Waals surface area contributed by atoms with E-state index in [1.165, 1.54) is 42.5 Å². The van der Waals surface area contributed by atoms with Crippen LogP contribution in [0, 0.1) is 5.82 Å². The average molecular weight is 375 g/mol. The van der Waals surface area contributed by atoms with E-state index in [0.29, 0.717) is 0 Å². The minimum atomic E-state index is -0.839. The van der Waals surface area contributed by atoms with Crippen LogP contribution < -0.4 is 4.90 Å². The first-order valence-corrected chi connectivity index (χ1v) is 7.95. The lowest BCUT2D eigenvalue weighted by molar-refractivity contribution is -0.139. The molecule has 2 rings (SSSR count). The molecule has 0 saturated carbocycles. The van der Waals surface area contributed by atoms with Crippen molar-refractivity contribution in [1.29, 1.82) is 0 Å². The van der Waals surface area contributed by atoms with Gasteiger partial charge < -0.3 is 19.1 Å². The summed E-state index contributed by atoms with van der Waals surface area (Å²) in [7, 11) is 2.32. The molecule has 1 heterocycles. The summed E-state index contributed by atoms with van der Waals surface area (Å²) in [6.07, 6.45) is 5.86. The van der Waals surface area contributed by atoms with Gasteiger partial charge in [0.15, 0.2) is 0 Å². The Morgan fingerprint density at radius 1 is 1.00 bits per heavy atom. The molecule has 0 spiro atoms. The Kier molecular flexibility index (Phi) is 6.48. The Morgan fingerprint density at radius 2 is 1.70 bits per heavy atom. The smallest absolute Gasteiger partial charge is 0.355 e. The Morgan fingerprint density at radius 3 is 2.33 bits per heavy atom. The minimum Gasteiger partial charge on any atom is -0.465 e. The summed E-state index contributed by atoms with van der Waals surface area (Å²) in [6, 6.07) is 3.47. The van der Waals surface area contributed by atoms with Gasteiger partial charge in [0, 0.05) is 11.9 Å². The van der Waals surface area contributed by atoms with E-state index in [-0.39, 0.29) is 29.1 Å². The van der Waals surface area contributed by atoms with Crippen molar-refractivity contribution in [3.63, 3.8) is 0 Å². The van der Waals surface area contributed by atoms with E-state index in [4.69, 9.17) is 14.2 Å². The second-order valence-electron chi connectivity index (χ2n) is 5.23. The lowest BCUT2D eigenvalue weighted by atomic mass is 10.1. The molecule has 142 valence electrons. The summed E-state index contributed by atoms with van der Waals surface area (Å²) in [6.45, 7) is 1.75. The van der Waals surface area contributed by atoms with Crippen LogP contribution in [0.2, 0.25) is 0 Å². The van der Waals surface area contributed by atoms with Crippen LogP contribution in [0.3, 0.4) is 0 Å². The maximum Gasteiger partial charge on any atom is 0.355 e. The summed E-state index contributed by atoms with van der Waals surface area (Å²) < 4.78 is 28.5. The van der Waals surface area contributed by atoms with Crippen molar-refractivity contribution in [3.8, 4) is 0 Å². The number of ether oxygens (including phenoxy) is 3. The van der Waals surface area contributed by atoms with Crippen molar-refractivity contribution in [2.45, 2.75) is 6.92 Å². The van der Waals surface area contributed by atoms with Gasteiger partial charge in [-0.3, -0.25) is 0 Å². The number of allylic oxidation sites excluding steroid dienone is 2. The van der Waals surface area contributed by atoms with E-state index in [9.17, 15) is 18.8 Å². The van der Waals surface area contributed by atoms with Crippen molar-refractivity contribution in [2.75, 3.05) is 25.7 Å². The van der Waals surface area contributed by atoms with Crippen LogP contribution in [-0.4, -0.2) is 38.7 Å². The van der Waals surface area contributed by atoms with E-state index in [1.54, 1.807) is 6.92 Å². The quantitative estimate of drug-likeness (QED) is 0.578. The lowest BCUT2D eigenvalue weighted by Crippen LogP contribution is -2.27. The largest absolute Gasteiger partial charge is 0.465 e. The number of carbonyl (C=O) groups excluding carboxylic acids is 3. The summed E-state index contributed by atoms with van der Waals surface area (Å²) in [5.41, 5.74) is -0.188. The number of hydrogen-bond acceptors (Lipinski definition) is 7. The molecule has 0 radical (unpaired) electrons. The molecular weight excluding hydrogens is 357 g/mol. The first-order chi connectivity index (χ1) is 12.9. The number of halogens is 1. The monoisotopic (exact) mass is 375 g/mol. The molecule has 1 aromatic carbocycles. The lowest BCUT2D eigenvalue weighted by Gasteiger charge is -2.23. The molecule has 1 aliphatic heterocycles. The van der Waals surface area contributed by atoms with Crippen molar-refractivity contribution in [1.82, 2.24) is 0 Å². The molecule has 0 atom stereocenters. The normalized spacial score (nSPS) is 13.3. The number of rotatable bonds is 5. The number of methoxy groups -OCH3 is 2. The second-order valence-corrected chi connectivity index (χ2v) is 5.23. The second kappa shape index (κ2) is 8.79. The van der Waals surface area contributed by atoms with Crippen LogP contribution in [0.25, 0.3) is 0 Å². The summed E-state index contributed by atoms with van der Waals surface area (Å²) in [5, 5.41) is 0. The molecule has 0 fully saturated rings. The molecule has 0 bridgehead atoms. The van der Waals surface area contributed by atoms with Crippen LogP contribution >= 0.6 is 0 Å². The SMILES string of the molecule is CCOC(=O)c1cc(F)cc(N2C=CC=CC(C(=O)OC)=C2C(=O)OC)c1. The van der Waals surface area contributed by atoms with Crippen LogP contribution in [0.5, 0.6) is 0 Å². The Bertz CT molecular complexity index is 856. The first kappa shape index (κ1) is 19.9. The van der Waals surface area contributed by atoms with E-state index < -0.39 is 23.7 Å². The van der Waals surface area contributed by atoms with Gasteiger partial charge in [-0.1, -0.05) is 6.08 Å². The molecule has 0 amide bonds. The third-order valence-corrected chi connectivity index (χ3v) is 3.56. The highest BCUT2D eigenvalue weighted by atomic mass is 19.1. The van der Waals surface area contributed by atoms with Gasteiger partial charge in [-0.25, -0.2) is 18.8 Å². The standard InChI is InChI=1S/C19H18FNO6/c1-4-27-17(22)12-9-13(20)11-14(10-12)21-8-6-5-7-15(18(23)25-2)16(21)19(24)26-3/h5-11H,4H2,1-3H3. The molecular formula is C19H18FNO6. The third-order valence-electron chi connectivity index (χ3n) is 3.56. The summed E-state index contributed by atoms with van der Waals surface area (Å²) in [4.78, 5) is 37.7.